The van der Waals surface area contributed by atoms with E-state index in [2.05, 4.69) is 73.9 Å². The average Bonchev–Trinajstić information content (AvgIpc) is 2.31. The molecule has 4 unspecified atom stereocenters. The van der Waals surface area contributed by atoms with E-state index in [-0.39, 0.29) is 0 Å². The molecule has 0 radical (unpaired) electrons. The van der Waals surface area contributed by atoms with Gasteiger partial charge < -0.3 is 0 Å². The molecule has 0 bridgehead atoms. The van der Waals surface area contributed by atoms with Crippen molar-refractivity contribution in [1.82, 2.24) is 0 Å². The monoisotopic (exact) mass is 320 g/mol. The molecule has 0 saturated heterocycles. The molecule has 0 aliphatic carbocycles. The van der Waals surface area contributed by atoms with Crippen molar-refractivity contribution < 1.29 is 0 Å². The van der Waals surface area contributed by atoms with E-state index in [0.29, 0.717) is 10.3 Å². The van der Waals surface area contributed by atoms with E-state index in [9.17, 15) is 0 Å². The second kappa shape index (κ2) is 11.4. The number of hydrogen-bond acceptors (Lipinski definition) is 0. The normalized spacial score (nSPS) is 15.3. The van der Waals surface area contributed by atoms with Gasteiger partial charge >= 0.3 is 0 Å². The number of unbranched alkanes of at least 4 members (excludes halogenated alkanes) is 3. The van der Waals surface area contributed by atoms with Crippen LogP contribution in [0.25, 0.3) is 0 Å². The lowest BCUT2D eigenvalue weighted by atomic mass is 9.91. The first-order valence-electron chi connectivity index (χ1n) is 8.54. The summed E-state index contributed by atoms with van der Waals surface area (Å²) >= 11 is 0. The van der Waals surface area contributed by atoms with Crippen LogP contribution < -0.4 is 0 Å². The summed E-state index contributed by atoms with van der Waals surface area (Å²) in [7, 11) is 5.83. The minimum absolute atomic E-state index is 0.423. The lowest BCUT2D eigenvalue weighted by Crippen LogP contribution is -2.20. The molecule has 2 heteroatoms. The lowest BCUT2D eigenvalue weighted by molar-refractivity contribution is 0.408. The molecule has 0 aliphatic heterocycles. The summed E-state index contributed by atoms with van der Waals surface area (Å²) in [6, 6.07) is 0. The Hall–Kier alpha value is 0.860. The molecule has 0 fully saturated rings. The Labute approximate surface area is 135 Å². The van der Waals surface area contributed by atoms with Gasteiger partial charge in [0.05, 0.1) is 0 Å². The molecular weight excluding hydrogens is 278 g/mol. The van der Waals surface area contributed by atoms with Crippen LogP contribution in [0.4, 0.5) is 0 Å². The van der Waals surface area contributed by atoms with E-state index in [1.807, 2.05) is 0 Å². The third-order valence-electron chi connectivity index (χ3n) is 4.64. The molecule has 20 heavy (non-hydrogen) atoms. The Morgan fingerprint density at radius 1 is 0.750 bits per heavy atom. The van der Waals surface area contributed by atoms with Crippen molar-refractivity contribution in [2.24, 2.45) is 11.8 Å². The van der Waals surface area contributed by atoms with Crippen molar-refractivity contribution >= 4 is 18.5 Å². The van der Waals surface area contributed by atoms with Crippen molar-refractivity contribution in [1.29, 1.82) is 0 Å². The molecule has 0 rings (SSSR count). The minimum Gasteiger partial charge on any atom is -0.131 e. The van der Waals surface area contributed by atoms with E-state index in [0.717, 1.165) is 11.8 Å². The Morgan fingerprint density at radius 2 is 1.20 bits per heavy atom. The van der Waals surface area contributed by atoms with Gasteiger partial charge in [0.1, 0.15) is 0 Å². The molecule has 124 valence electrons. The Morgan fingerprint density at radius 3 is 1.45 bits per heavy atom. The van der Waals surface area contributed by atoms with E-state index in [1.165, 1.54) is 38.5 Å². The van der Waals surface area contributed by atoms with Crippen molar-refractivity contribution in [2.45, 2.75) is 104 Å². The van der Waals surface area contributed by atoms with Crippen LogP contribution in [0, 0.1) is 11.8 Å². The topological polar surface area (TPSA) is 0 Å². The van der Waals surface area contributed by atoms with E-state index in [4.69, 9.17) is 0 Å². The highest BCUT2D eigenvalue weighted by Gasteiger charge is 2.19. The van der Waals surface area contributed by atoms with Gasteiger partial charge in [0.25, 0.3) is 0 Å². The zero-order valence-electron chi connectivity index (χ0n) is 15.6. The first-order chi connectivity index (χ1) is 8.96. The SMILES string of the molecule is CCC(C)C(C)(C)P.CCCCCCC(C)C(C)(C)P. The smallest absolute Gasteiger partial charge is 0.0181 e. The molecule has 0 N–H and O–H groups in total. The second-order valence-corrected chi connectivity index (χ2v) is 10.7. The highest BCUT2D eigenvalue weighted by atomic mass is 31.0. The van der Waals surface area contributed by atoms with Crippen LogP contribution in [0.2, 0.25) is 0 Å². The van der Waals surface area contributed by atoms with Gasteiger partial charge in [-0.2, -0.15) is 0 Å². The Kier molecular flexibility index (Phi) is 13.2. The zero-order chi connectivity index (χ0) is 16.4. The second-order valence-electron chi connectivity index (χ2n) is 7.70. The van der Waals surface area contributed by atoms with Crippen LogP contribution in [0.15, 0.2) is 0 Å². The number of rotatable bonds is 8. The highest BCUT2D eigenvalue weighted by Crippen LogP contribution is 2.30. The van der Waals surface area contributed by atoms with Gasteiger partial charge in [0.15, 0.2) is 0 Å². The third-order valence-corrected chi connectivity index (χ3v) is 5.78. The first-order valence-corrected chi connectivity index (χ1v) is 9.69. The molecule has 0 spiro atoms. The van der Waals surface area contributed by atoms with Gasteiger partial charge in [-0.25, -0.2) is 0 Å². The van der Waals surface area contributed by atoms with Crippen molar-refractivity contribution in [3.05, 3.63) is 0 Å². The molecule has 0 aliphatic rings. The molecule has 0 saturated carbocycles. The van der Waals surface area contributed by atoms with Crippen molar-refractivity contribution in [3.8, 4) is 0 Å². The van der Waals surface area contributed by atoms with Crippen molar-refractivity contribution in [3.63, 3.8) is 0 Å². The standard InChI is InChI=1S/C11H25P.C7H17P/c1-5-6-7-8-9-10(2)11(3,4)12;1-5-6(2)7(3,4)8/h10H,5-9,12H2,1-4H3;6H,5,8H2,1-4H3. The minimum atomic E-state index is 0.423. The van der Waals surface area contributed by atoms with Crippen LogP contribution >= 0.6 is 18.5 Å². The Balaban J connectivity index is 0. The summed E-state index contributed by atoms with van der Waals surface area (Å²) < 4.78 is 0. The average molecular weight is 320 g/mol. The molecule has 0 aromatic carbocycles. The maximum absolute atomic E-state index is 2.95. The van der Waals surface area contributed by atoms with Crippen molar-refractivity contribution in [2.75, 3.05) is 0 Å². The van der Waals surface area contributed by atoms with Crippen LogP contribution in [0.5, 0.6) is 0 Å². The van der Waals surface area contributed by atoms with Crippen LogP contribution in [-0.2, 0) is 0 Å². The molecule has 0 aromatic rings. The summed E-state index contributed by atoms with van der Waals surface area (Å²) in [6.07, 6.45) is 8.24. The fraction of sp³-hybridized carbons (Fsp3) is 1.00. The molecule has 0 aromatic heterocycles. The van der Waals surface area contributed by atoms with Gasteiger partial charge in [-0.05, 0) is 28.6 Å². The van der Waals surface area contributed by atoms with E-state index < -0.39 is 0 Å². The molecule has 0 nitrogen and oxygen atoms in total. The summed E-state index contributed by atoms with van der Waals surface area (Å²) in [5.74, 6) is 1.65. The Bertz CT molecular complexity index is 210. The number of hydrogen-bond donors (Lipinski definition) is 0. The largest absolute Gasteiger partial charge is 0.131 e. The molecule has 4 atom stereocenters. The lowest BCUT2D eigenvalue weighted by Gasteiger charge is -2.26. The summed E-state index contributed by atoms with van der Waals surface area (Å²) in [5, 5.41) is 0.848. The summed E-state index contributed by atoms with van der Waals surface area (Å²) in [5.41, 5.74) is 0. The molecular formula is C18H42P2. The van der Waals surface area contributed by atoms with Crippen LogP contribution in [0.3, 0.4) is 0 Å². The van der Waals surface area contributed by atoms with Crippen LogP contribution in [0.1, 0.15) is 93.9 Å². The van der Waals surface area contributed by atoms with Gasteiger partial charge in [-0.3, -0.25) is 0 Å². The summed E-state index contributed by atoms with van der Waals surface area (Å²) in [4.78, 5) is 0. The molecule has 0 heterocycles. The van der Waals surface area contributed by atoms with Gasteiger partial charge in [-0.15, -0.1) is 18.5 Å². The predicted octanol–water partition coefficient (Wildman–Crippen LogP) is 6.93. The molecule has 0 amide bonds. The maximum Gasteiger partial charge on any atom is -0.0181 e. The quantitative estimate of drug-likeness (QED) is 0.336. The zero-order valence-corrected chi connectivity index (χ0v) is 17.9. The van der Waals surface area contributed by atoms with E-state index >= 15 is 0 Å². The summed E-state index contributed by atoms with van der Waals surface area (Å²) in [6.45, 7) is 18.3. The third kappa shape index (κ3) is 13.8. The predicted molar refractivity (Wildman–Crippen MR) is 105 cm³/mol. The maximum atomic E-state index is 2.95. The fourth-order valence-corrected chi connectivity index (χ4v) is 2.18. The highest BCUT2D eigenvalue weighted by molar-refractivity contribution is 7.19. The van der Waals surface area contributed by atoms with Gasteiger partial charge in [-0.1, -0.05) is 87.5 Å². The first kappa shape index (κ1) is 23.1. The van der Waals surface area contributed by atoms with E-state index in [1.54, 1.807) is 0 Å². The van der Waals surface area contributed by atoms with Crippen LogP contribution in [-0.4, -0.2) is 10.3 Å². The van der Waals surface area contributed by atoms with Gasteiger partial charge in [0, 0.05) is 0 Å². The van der Waals surface area contributed by atoms with Gasteiger partial charge in [0.2, 0.25) is 0 Å². The fourth-order valence-electron chi connectivity index (χ4n) is 1.78.